The summed E-state index contributed by atoms with van der Waals surface area (Å²) in [6.07, 6.45) is 0.0804. The maximum absolute atomic E-state index is 10.9. The van der Waals surface area contributed by atoms with E-state index in [9.17, 15) is 4.79 Å². The number of carboxylic acid groups (broad SMARTS) is 1. The number of carboxylic acids is 1. The molecule has 0 radical (unpaired) electrons. The third kappa shape index (κ3) is 4.50. The standard InChI is InChI=1S/C17H18ClNO2/c1-13-6-8-14(9-7-13)12-19(11-10-17(20)21)16-5-3-2-4-15(16)18/h2-9H,10-12H2,1H3,(H,20,21). The van der Waals surface area contributed by atoms with E-state index in [1.54, 1.807) is 0 Å². The van der Waals surface area contributed by atoms with Crippen LogP contribution in [0.5, 0.6) is 0 Å². The topological polar surface area (TPSA) is 40.5 Å². The molecule has 0 saturated carbocycles. The third-order valence-electron chi connectivity index (χ3n) is 3.28. The van der Waals surface area contributed by atoms with Crippen LogP contribution in [0.4, 0.5) is 5.69 Å². The molecule has 0 aromatic heterocycles. The molecule has 3 nitrogen and oxygen atoms in total. The Labute approximate surface area is 129 Å². The van der Waals surface area contributed by atoms with E-state index in [0.29, 0.717) is 18.1 Å². The summed E-state index contributed by atoms with van der Waals surface area (Å²) in [6, 6.07) is 15.7. The molecule has 0 spiro atoms. The first-order chi connectivity index (χ1) is 10.1. The summed E-state index contributed by atoms with van der Waals surface area (Å²) in [4.78, 5) is 12.9. The summed E-state index contributed by atoms with van der Waals surface area (Å²) >= 11 is 6.24. The molecule has 0 aliphatic carbocycles. The van der Waals surface area contributed by atoms with Crippen molar-refractivity contribution in [3.8, 4) is 0 Å². The van der Waals surface area contributed by atoms with Gasteiger partial charge in [-0.1, -0.05) is 53.6 Å². The normalized spacial score (nSPS) is 10.4. The number of carbonyl (C=O) groups is 1. The van der Waals surface area contributed by atoms with Gasteiger partial charge in [0.25, 0.3) is 0 Å². The maximum Gasteiger partial charge on any atom is 0.305 e. The molecule has 110 valence electrons. The molecule has 21 heavy (non-hydrogen) atoms. The van der Waals surface area contributed by atoms with Crippen molar-refractivity contribution >= 4 is 23.3 Å². The second-order valence-electron chi connectivity index (χ2n) is 5.00. The highest BCUT2D eigenvalue weighted by molar-refractivity contribution is 6.33. The molecular weight excluding hydrogens is 286 g/mol. The van der Waals surface area contributed by atoms with Gasteiger partial charge < -0.3 is 10.0 Å². The van der Waals surface area contributed by atoms with E-state index >= 15 is 0 Å². The second-order valence-corrected chi connectivity index (χ2v) is 5.41. The lowest BCUT2D eigenvalue weighted by atomic mass is 10.1. The predicted molar refractivity (Wildman–Crippen MR) is 85.9 cm³/mol. The Kier molecular flexibility index (Phi) is 5.23. The average Bonchev–Trinajstić information content (AvgIpc) is 2.46. The van der Waals surface area contributed by atoms with Gasteiger partial charge in [-0.05, 0) is 24.6 Å². The van der Waals surface area contributed by atoms with Crippen LogP contribution in [-0.4, -0.2) is 17.6 Å². The zero-order valence-corrected chi connectivity index (χ0v) is 12.7. The van der Waals surface area contributed by atoms with Crippen molar-refractivity contribution in [2.24, 2.45) is 0 Å². The van der Waals surface area contributed by atoms with Gasteiger partial charge in [-0.2, -0.15) is 0 Å². The van der Waals surface area contributed by atoms with Gasteiger partial charge >= 0.3 is 5.97 Å². The van der Waals surface area contributed by atoms with E-state index in [1.807, 2.05) is 36.1 Å². The van der Waals surface area contributed by atoms with Crippen LogP contribution in [-0.2, 0) is 11.3 Å². The number of anilines is 1. The van der Waals surface area contributed by atoms with Crippen molar-refractivity contribution in [1.82, 2.24) is 0 Å². The molecule has 0 aliphatic heterocycles. The van der Waals surface area contributed by atoms with E-state index in [0.717, 1.165) is 11.3 Å². The SMILES string of the molecule is Cc1ccc(CN(CCC(=O)O)c2ccccc2Cl)cc1. The summed E-state index contributed by atoms with van der Waals surface area (Å²) < 4.78 is 0. The monoisotopic (exact) mass is 303 g/mol. The Bertz CT molecular complexity index is 610. The van der Waals surface area contributed by atoms with Crippen molar-refractivity contribution in [1.29, 1.82) is 0 Å². The molecule has 4 heteroatoms. The lowest BCUT2D eigenvalue weighted by molar-refractivity contribution is -0.136. The number of aryl methyl sites for hydroxylation is 1. The van der Waals surface area contributed by atoms with Crippen molar-refractivity contribution in [2.75, 3.05) is 11.4 Å². The zero-order valence-electron chi connectivity index (χ0n) is 11.9. The minimum absolute atomic E-state index is 0.0804. The molecule has 2 aromatic rings. The molecule has 0 fully saturated rings. The number of nitrogens with zero attached hydrogens (tertiary/aromatic N) is 1. The van der Waals surface area contributed by atoms with E-state index in [-0.39, 0.29) is 6.42 Å². The van der Waals surface area contributed by atoms with Crippen molar-refractivity contribution in [3.63, 3.8) is 0 Å². The fraction of sp³-hybridized carbons (Fsp3) is 0.235. The number of halogens is 1. The summed E-state index contributed by atoms with van der Waals surface area (Å²) in [5, 5.41) is 9.56. The molecule has 0 bridgehead atoms. The first-order valence-electron chi connectivity index (χ1n) is 6.83. The molecule has 0 unspecified atom stereocenters. The van der Waals surface area contributed by atoms with Crippen LogP contribution in [0.3, 0.4) is 0 Å². The zero-order chi connectivity index (χ0) is 15.2. The van der Waals surface area contributed by atoms with Crippen LogP contribution in [0, 0.1) is 6.92 Å². The average molecular weight is 304 g/mol. The van der Waals surface area contributed by atoms with E-state index in [2.05, 4.69) is 24.3 Å². The van der Waals surface area contributed by atoms with Gasteiger partial charge in [0.1, 0.15) is 0 Å². The van der Waals surface area contributed by atoms with Gasteiger partial charge in [-0.3, -0.25) is 4.79 Å². The van der Waals surface area contributed by atoms with Crippen molar-refractivity contribution in [3.05, 3.63) is 64.7 Å². The van der Waals surface area contributed by atoms with Gasteiger partial charge in [0.05, 0.1) is 17.1 Å². The molecule has 0 aliphatic rings. The fourth-order valence-electron chi connectivity index (χ4n) is 2.14. The predicted octanol–water partition coefficient (Wildman–Crippen LogP) is 4.13. The Balaban J connectivity index is 2.21. The number of aliphatic carboxylic acids is 1. The molecule has 0 heterocycles. The second kappa shape index (κ2) is 7.14. The molecule has 1 N–H and O–H groups in total. The highest BCUT2D eigenvalue weighted by atomic mass is 35.5. The van der Waals surface area contributed by atoms with E-state index in [4.69, 9.17) is 16.7 Å². The van der Waals surface area contributed by atoms with Crippen LogP contribution in [0.2, 0.25) is 5.02 Å². The third-order valence-corrected chi connectivity index (χ3v) is 3.60. The van der Waals surface area contributed by atoms with Gasteiger partial charge in [0, 0.05) is 13.1 Å². The molecular formula is C17H18ClNO2. The first kappa shape index (κ1) is 15.4. The number of rotatable bonds is 6. The summed E-state index contributed by atoms with van der Waals surface area (Å²) in [7, 11) is 0. The largest absolute Gasteiger partial charge is 0.481 e. The minimum Gasteiger partial charge on any atom is -0.481 e. The molecule has 0 atom stereocenters. The highest BCUT2D eigenvalue weighted by Crippen LogP contribution is 2.26. The smallest absolute Gasteiger partial charge is 0.305 e. The summed E-state index contributed by atoms with van der Waals surface area (Å²) in [5.41, 5.74) is 3.19. The Hall–Kier alpha value is -2.00. The lowest BCUT2D eigenvalue weighted by Crippen LogP contribution is -2.26. The quantitative estimate of drug-likeness (QED) is 0.872. The molecule has 2 aromatic carbocycles. The van der Waals surface area contributed by atoms with Crippen molar-refractivity contribution < 1.29 is 9.90 Å². The van der Waals surface area contributed by atoms with Crippen LogP contribution >= 0.6 is 11.6 Å². The van der Waals surface area contributed by atoms with Crippen LogP contribution in [0.15, 0.2) is 48.5 Å². The van der Waals surface area contributed by atoms with Gasteiger partial charge in [0.2, 0.25) is 0 Å². The molecule has 0 saturated heterocycles. The summed E-state index contributed by atoms with van der Waals surface area (Å²) in [6.45, 7) is 3.10. The maximum atomic E-state index is 10.9. The Morgan fingerprint density at radius 1 is 1.14 bits per heavy atom. The van der Waals surface area contributed by atoms with Gasteiger partial charge in [0.15, 0.2) is 0 Å². The Morgan fingerprint density at radius 3 is 2.43 bits per heavy atom. The number of hydrogen-bond donors (Lipinski definition) is 1. The van der Waals surface area contributed by atoms with Crippen LogP contribution < -0.4 is 4.90 Å². The first-order valence-corrected chi connectivity index (χ1v) is 7.21. The fourth-order valence-corrected chi connectivity index (χ4v) is 2.39. The molecule has 2 rings (SSSR count). The van der Waals surface area contributed by atoms with Crippen molar-refractivity contribution in [2.45, 2.75) is 19.9 Å². The highest BCUT2D eigenvalue weighted by Gasteiger charge is 2.12. The minimum atomic E-state index is -0.809. The number of para-hydroxylation sites is 1. The van der Waals surface area contributed by atoms with E-state index < -0.39 is 5.97 Å². The van der Waals surface area contributed by atoms with Crippen LogP contribution in [0.1, 0.15) is 17.5 Å². The number of benzene rings is 2. The lowest BCUT2D eigenvalue weighted by Gasteiger charge is -2.25. The van der Waals surface area contributed by atoms with Gasteiger partial charge in [-0.25, -0.2) is 0 Å². The number of hydrogen-bond acceptors (Lipinski definition) is 2. The van der Waals surface area contributed by atoms with Gasteiger partial charge in [-0.15, -0.1) is 0 Å². The summed E-state index contributed by atoms with van der Waals surface area (Å²) in [5.74, 6) is -0.809. The Morgan fingerprint density at radius 2 is 1.81 bits per heavy atom. The van der Waals surface area contributed by atoms with E-state index in [1.165, 1.54) is 5.56 Å². The van der Waals surface area contributed by atoms with Crippen LogP contribution in [0.25, 0.3) is 0 Å². The molecule has 0 amide bonds.